The van der Waals surface area contributed by atoms with Crippen LogP contribution in [0.1, 0.15) is 30.8 Å². The lowest BCUT2D eigenvalue weighted by molar-refractivity contribution is -0.132. The first-order valence-corrected chi connectivity index (χ1v) is 6.94. The first kappa shape index (κ1) is 14.3. The van der Waals surface area contributed by atoms with Gasteiger partial charge in [0.05, 0.1) is 12.0 Å². The Morgan fingerprint density at radius 3 is 2.29 bits per heavy atom. The molecule has 1 aromatic rings. The fourth-order valence-corrected chi connectivity index (χ4v) is 2.79. The second kappa shape index (κ2) is 4.49. The molecule has 0 aliphatic heterocycles. The van der Waals surface area contributed by atoms with Crippen molar-refractivity contribution in [3.8, 4) is 0 Å². The highest BCUT2D eigenvalue weighted by Crippen LogP contribution is 2.41. The Bertz CT molecular complexity index is 495. The normalized spacial score (nSPS) is 15.2. The topological polar surface area (TPSA) is 52.0 Å². The number of hydrogen-bond donors (Lipinski definition) is 0. The summed E-state index contributed by atoms with van der Waals surface area (Å²) in [5.74, 6) is 0. The van der Waals surface area contributed by atoms with Crippen molar-refractivity contribution in [3.05, 3.63) is 18.2 Å². The SMILES string of the molecule is CC(C)n1cncc1C(C(F)(F)F)S(=O)(=O)Cl. The highest BCUT2D eigenvalue weighted by atomic mass is 35.7. The molecule has 98 valence electrons. The molecule has 0 spiro atoms. The third-order valence-corrected chi connectivity index (χ3v) is 3.71. The van der Waals surface area contributed by atoms with Crippen molar-refractivity contribution < 1.29 is 21.6 Å². The van der Waals surface area contributed by atoms with Crippen LogP contribution < -0.4 is 0 Å². The molecule has 0 aliphatic rings. The summed E-state index contributed by atoms with van der Waals surface area (Å²) in [4.78, 5) is 3.53. The van der Waals surface area contributed by atoms with Gasteiger partial charge in [0.1, 0.15) is 0 Å². The Balaban J connectivity index is 3.39. The fraction of sp³-hybridized carbons (Fsp3) is 0.625. The third-order valence-electron chi connectivity index (χ3n) is 2.10. The summed E-state index contributed by atoms with van der Waals surface area (Å²) >= 11 is 0. The molecule has 1 aromatic heterocycles. The largest absolute Gasteiger partial charge is 0.412 e. The highest BCUT2D eigenvalue weighted by Gasteiger charge is 2.51. The summed E-state index contributed by atoms with van der Waals surface area (Å²) in [6, 6.07) is -0.351. The molecule has 1 heterocycles. The molecular weight excluding hydrogens is 281 g/mol. The number of imidazole rings is 1. The Kier molecular flexibility index (Phi) is 3.78. The van der Waals surface area contributed by atoms with Crippen LogP contribution in [0.15, 0.2) is 12.5 Å². The van der Waals surface area contributed by atoms with Crippen LogP contribution in [0.25, 0.3) is 0 Å². The molecule has 9 heteroatoms. The maximum absolute atomic E-state index is 12.7. The van der Waals surface area contributed by atoms with Crippen LogP contribution in [0.4, 0.5) is 13.2 Å². The molecule has 0 saturated carbocycles. The van der Waals surface area contributed by atoms with Gasteiger partial charge in [-0.3, -0.25) is 0 Å². The van der Waals surface area contributed by atoms with E-state index in [0.29, 0.717) is 0 Å². The lowest BCUT2D eigenvalue weighted by Gasteiger charge is -2.20. The van der Waals surface area contributed by atoms with Crippen molar-refractivity contribution in [1.82, 2.24) is 9.55 Å². The molecule has 0 radical (unpaired) electrons. The zero-order valence-corrected chi connectivity index (χ0v) is 10.5. The van der Waals surface area contributed by atoms with Gasteiger partial charge < -0.3 is 4.57 Å². The molecule has 0 saturated heterocycles. The number of rotatable bonds is 3. The maximum atomic E-state index is 12.7. The van der Waals surface area contributed by atoms with E-state index < -0.39 is 26.2 Å². The molecule has 0 amide bonds. The minimum absolute atomic E-state index is 0.351. The predicted molar refractivity (Wildman–Crippen MR) is 56.2 cm³/mol. The lowest BCUT2D eigenvalue weighted by Crippen LogP contribution is -2.28. The molecule has 17 heavy (non-hydrogen) atoms. The van der Waals surface area contributed by atoms with Crippen molar-refractivity contribution in [3.63, 3.8) is 0 Å². The van der Waals surface area contributed by atoms with Crippen LogP contribution in [0.5, 0.6) is 0 Å². The summed E-state index contributed by atoms with van der Waals surface area (Å²) in [5, 5.41) is -2.76. The highest BCUT2D eigenvalue weighted by molar-refractivity contribution is 8.14. The average molecular weight is 291 g/mol. The maximum Gasteiger partial charge on any atom is 0.412 e. The summed E-state index contributed by atoms with van der Waals surface area (Å²) in [6.45, 7) is 3.22. The molecule has 0 aliphatic carbocycles. The van der Waals surface area contributed by atoms with Gasteiger partial charge in [0.25, 0.3) is 0 Å². The van der Waals surface area contributed by atoms with Gasteiger partial charge >= 0.3 is 6.18 Å². The van der Waals surface area contributed by atoms with Crippen LogP contribution in [0.2, 0.25) is 0 Å². The van der Waals surface area contributed by atoms with Crippen molar-refractivity contribution in [2.75, 3.05) is 0 Å². The van der Waals surface area contributed by atoms with Crippen LogP contribution >= 0.6 is 10.7 Å². The number of hydrogen-bond acceptors (Lipinski definition) is 3. The number of alkyl halides is 3. The fourth-order valence-electron chi connectivity index (χ4n) is 1.42. The van der Waals surface area contributed by atoms with Crippen molar-refractivity contribution in [2.24, 2.45) is 0 Å². The molecule has 1 rings (SSSR count). The number of nitrogens with zero attached hydrogens (tertiary/aromatic N) is 2. The van der Waals surface area contributed by atoms with Crippen LogP contribution in [-0.4, -0.2) is 24.1 Å². The van der Waals surface area contributed by atoms with Crippen LogP contribution in [-0.2, 0) is 9.05 Å². The molecule has 0 bridgehead atoms. The molecule has 4 nitrogen and oxygen atoms in total. The second-order valence-corrected chi connectivity index (χ2v) is 6.43. The van der Waals surface area contributed by atoms with Crippen molar-refractivity contribution in [1.29, 1.82) is 0 Å². The standard InChI is InChI=1S/C8H10ClF3N2O2S/c1-5(2)14-4-13-3-6(14)7(8(10,11)12)17(9,15)16/h3-5,7H,1-2H3. The van der Waals surface area contributed by atoms with E-state index >= 15 is 0 Å². The van der Waals surface area contributed by atoms with Gasteiger partial charge in [0, 0.05) is 22.9 Å². The number of halogens is 4. The minimum atomic E-state index is -4.98. The van der Waals surface area contributed by atoms with E-state index in [-0.39, 0.29) is 6.04 Å². The van der Waals surface area contributed by atoms with E-state index in [4.69, 9.17) is 10.7 Å². The van der Waals surface area contributed by atoms with Crippen LogP contribution in [0, 0.1) is 0 Å². The van der Waals surface area contributed by atoms with E-state index in [1.807, 2.05) is 0 Å². The van der Waals surface area contributed by atoms with E-state index in [1.54, 1.807) is 13.8 Å². The van der Waals surface area contributed by atoms with Crippen molar-refractivity contribution >= 4 is 19.7 Å². The average Bonchev–Trinajstić information content (AvgIpc) is 2.46. The van der Waals surface area contributed by atoms with Gasteiger partial charge in [-0.05, 0) is 13.8 Å². The van der Waals surface area contributed by atoms with Gasteiger partial charge in [0.15, 0.2) is 0 Å². The zero-order valence-electron chi connectivity index (χ0n) is 8.94. The van der Waals surface area contributed by atoms with Gasteiger partial charge in [-0.2, -0.15) is 13.2 Å². The Labute approximate surface area is 101 Å². The summed E-state index contributed by atoms with van der Waals surface area (Å²) in [6.07, 6.45) is -2.98. The first-order chi connectivity index (χ1) is 7.55. The molecule has 1 atom stereocenters. The van der Waals surface area contributed by atoms with Gasteiger partial charge in [-0.15, -0.1) is 0 Å². The Hall–Kier alpha value is -0.760. The van der Waals surface area contributed by atoms with E-state index in [0.717, 1.165) is 17.1 Å². The van der Waals surface area contributed by atoms with Gasteiger partial charge in [-0.1, -0.05) is 0 Å². The van der Waals surface area contributed by atoms with Crippen LogP contribution in [0.3, 0.4) is 0 Å². The molecule has 0 N–H and O–H groups in total. The van der Waals surface area contributed by atoms with E-state index in [2.05, 4.69) is 4.98 Å². The van der Waals surface area contributed by atoms with Gasteiger partial charge in [0.2, 0.25) is 14.3 Å². The first-order valence-electron chi connectivity index (χ1n) is 4.57. The predicted octanol–water partition coefficient (Wildman–Crippen LogP) is 2.64. The van der Waals surface area contributed by atoms with Crippen molar-refractivity contribution in [2.45, 2.75) is 31.3 Å². The summed E-state index contributed by atoms with van der Waals surface area (Å²) in [5.41, 5.74) is -0.484. The monoisotopic (exact) mass is 290 g/mol. The van der Waals surface area contributed by atoms with E-state index in [1.165, 1.54) is 0 Å². The Morgan fingerprint density at radius 2 is 1.94 bits per heavy atom. The smallest absolute Gasteiger partial charge is 0.331 e. The quantitative estimate of drug-likeness (QED) is 0.804. The lowest BCUT2D eigenvalue weighted by atomic mass is 10.3. The second-order valence-electron chi connectivity index (χ2n) is 3.72. The molecule has 0 fully saturated rings. The summed E-state index contributed by atoms with van der Waals surface area (Å²) in [7, 11) is 0.0478. The molecular formula is C8H10ClF3N2O2S. The third kappa shape index (κ3) is 3.12. The summed E-state index contributed by atoms with van der Waals surface area (Å²) < 4.78 is 61.4. The molecule has 1 unspecified atom stereocenters. The van der Waals surface area contributed by atoms with E-state index in [9.17, 15) is 21.6 Å². The van der Waals surface area contributed by atoms with Gasteiger partial charge in [-0.25, -0.2) is 13.4 Å². The minimum Gasteiger partial charge on any atom is -0.331 e. The zero-order chi connectivity index (χ0) is 13.4. The molecule has 0 aromatic carbocycles. The number of aromatic nitrogens is 2. The Morgan fingerprint density at radius 1 is 1.41 bits per heavy atom.